The second kappa shape index (κ2) is 3.97. The highest BCUT2D eigenvalue weighted by molar-refractivity contribution is 4.87. The molecule has 13 heavy (non-hydrogen) atoms. The van der Waals surface area contributed by atoms with Crippen molar-refractivity contribution in [3.05, 3.63) is 0 Å². The molecule has 1 rings (SSSR count). The van der Waals surface area contributed by atoms with Gasteiger partial charge in [-0.25, -0.2) is 0 Å². The summed E-state index contributed by atoms with van der Waals surface area (Å²) in [5, 5.41) is 9.12. The summed E-state index contributed by atoms with van der Waals surface area (Å²) < 4.78 is 0. The highest BCUT2D eigenvalue weighted by Crippen LogP contribution is 2.33. The first-order valence-corrected chi connectivity index (χ1v) is 5.30. The van der Waals surface area contributed by atoms with Gasteiger partial charge < -0.3 is 10.0 Å². The maximum atomic E-state index is 9.12. The third-order valence-electron chi connectivity index (χ3n) is 3.05. The van der Waals surface area contributed by atoms with Crippen LogP contribution >= 0.6 is 0 Å². The average Bonchev–Trinajstić information content (AvgIpc) is 1.79. The second-order valence-electron chi connectivity index (χ2n) is 5.46. The predicted octanol–water partition coefficient (Wildman–Crippen LogP) is 1.74. The Balaban J connectivity index is 2.12. The van der Waals surface area contributed by atoms with Crippen molar-refractivity contribution < 1.29 is 5.11 Å². The first-order chi connectivity index (χ1) is 5.89. The van der Waals surface area contributed by atoms with Crippen molar-refractivity contribution >= 4 is 0 Å². The zero-order valence-corrected chi connectivity index (χ0v) is 9.38. The minimum absolute atomic E-state index is 0.145. The van der Waals surface area contributed by atoms with E-state index >= 15 is 0 Å². The van der Waals surface area contributed by atoms with Gasteiger partial charge in [-0.15, -0.1) is 0 Å². The van der Waals surface area contributed by atoms with Crippen molar-refractivity contribution in [2.24, 2.45) is 11.3 Å². The number of aliphatic hydroxyl groups excluding tert-OH is 1. The fourth-order valence-electron chi connectivity index (χ4n) is 1.67. The van der Waals surface area contributed by atoms with Crippen molar-refractivity contribution in [2.75, 3.05) is 19.6 Å². The Morgan fingerprint density at radius 2 is 1.92 bits per heavy atom. The Kier molecular flexibility index (Phi) is 3.36. The molecular formula is C11H23NO. The molecule has 2 nitrogen and oxygen atoms in total. The van der Waals surface area contributed by atoms with Crippen molar-refractivity contribution in [2.45, 2.75) is 40.2 Å². The van der Waals surface area contributed by atoms with E-state index in [1.54, 1.807) is 0 Å². The first kappa shape index (κ1) is 11.0. The van der Waals surface area contributed by atoms with Gasteiger partial charge in [-0.2, -0.15) is 0 Å². The summed E-state index contributed by atoms with van der Waals surface area (Å²) in [5.41, 5.74) is 0.460. The highest BCUT2D eigenvalue weighted by atomic mass is 16.3. The maximum absolute atomic E-state index is 9.12. The van der Waals surface area contributed by atoms with E-state index in [-0.39, 0.29) is 6.10 Å². The maximum Gasteiger partial charge on any atom is 0.0524 e. The van der Waals surface area contributed by atoms with Gasteiger partial charge >= 0.3 is 0 Å². The van der Waals surface area contributed by atoms with Crippen LogP contribution in [0.1, 0.15) is 34.1 Å². The van der Waals surface area contributed by atoms with E-state index in [0.29, 0.717) is 5.41 Å². The third kappa shape index (κ3) is 3.28. The fraction of sp³-hybridized carbons (Fsp3) is 1.00. The molecule has 0 aromatic heterocycles. The Labute approximate surface area is 81.9 Å². The van der Waals surface area contributed by atoms with Crippen molar-refractivity contribution in [3.63, 3.8) is 0 Å². The largest absolute Gasteiger partial charge is 0.393 e. The molecule has 0 aromatic carbocycles. The number of rotatable bonds is 3. The lowest BCUT2D eigenvalue weighted by molar-refractivity contribution is 0.0159. The summed E-state index contributed by atoms with van der Waals surface area (Å²) in [7, 11) is 0. The average molecular weight is 185 g/mol. The molecule has 1 aliphatic heterocycles. The van der Waals surface area contributed by atoms with Crippen molar-refractivity contribution in [1.82, 2.24) is 4.90 Å². The normalized spacial score (nSPS) is 22.8. The minimum atomic E-state index is -0.145. The zero-order valence-electron chi connectivity index (χ0n) is 9.38. The molecule has 1 N–H and O–H groups in total. The quantitative estimate of drug-likeness (QED) is 0.724. The summed E-state index contributed by atoms with van der Waals surface area (Å²) in [5.74, 6) is 0.849. The zero-order chi connectivity index (χ0) is 10.1. The van der Waals surface area contributed by atoms with E-state index in [1.165, 1.54) is 13.1 Å². The summed E-state index contributed by atoms with van der Waals surface area (Å²) in [6.45, 7) is 12.3. The Morgan fingerprint density at radius 3 is 2.31 bits per heavy atom. The monoisotopic (exact) mass is 185 g/mol. The van der Waals surface area contributed by atoms with Gasteiger partial charge in [0.25, 0.3) is 0 Å². The molecule has 0 amide bonds. The SMILES string of the molecule is CC(O)CCN1CC(C(C)(C)C)C1. The van der Waals surface area contributed by atoms with Crippen LogP contribution in [0.4, 0.5) is 0 Å². The van der Waals surface area contributed by atoms with Crippen LogP contribution < -0.4 is 0 Å². The topological polar surface area (TPSA) is 23.5 Å². The fourth-order valence-corrected chi connectivity index (χ4v) is 1.67. The Bertz CT molecular complexity index is 154. The van der Waals surface area contributed by atoms with E-state index in [9.17, 15) is 0 Å². The van der Waals surface area contributed by atoms with Crippen LogP contribution in [-0.2, 0) is 0 Å². The predicted molar refractivity (Wildman–Crippen MR) is 55.7 cm³/mol. The van der Waals surface area contributed by atoms with Gasteiger partial charge in [0, 0.05) is 19.6 Å². The second-order valence-corrected chi connectivity index (χ2v) is 5.46. The lowest BCUT2D eigenvalue weighted by Crippen LogP contribution is -2.52. The number of aliphatic hydroxyl groups is 1. The molecule has 1 heterocycles. The van der Waals surface area contributed by atoms with Crippen LogP contribution in [0.3, 0.4) is 0 Å². The summed E-state index contributed by atoms with van der Waals surface area (Å²) in [6, 6.07) is 0. The van der Waals surface area contributed by atoms with Crippen LogP contribution in [-0.4, -0.2) is 35.7 Å². The number of hydrogen-bond acceptors (Lipinski definition) is 2. The van der Waals surface area contributed by atoms with E-state index in [2.05, 4.69) is 25.7 Å². The lowest BCUT2D eigenvalue weighted by Gasteiger charge is -2.46. The van der Waals surface area contributed by atoms with E-state index in [0.717, 1.165) is 18.9 Å². The molecule has 1 saturated heterocycles. The standard InChI is InChI=1S/C11H23NO/c1-9(13)5-6-12-7-10(8-12)11(2,3)4/h9-10,13H,5-8H2,1-4H3. The van der Waals surface area contributed by atoms with E-state index in [1.807, 2.05) is 6.92 Å². The lowest BCUT2D eigenvalue weighted by atomic mass is 9.76. The first-order valence-electron chi connectivity index (χ1n) is 5.30. The molecule has 1 aliphatic rings. The molecule has 1 fully saturated rings. The van der Waals surface area contributed by atoms with Gasteiger partial charge in [-0.3, -0.25) is 0 Å². The van der Waals surface area contributed by atoms with Crippen molar-refractivity contribution in [3.8, 4) is 0 Å². The third-order valence-corrected chi connectivity index (χ3v) is 3.05. The van der Waals surface area contributed by atoms with Gasteiger partial charge in [-0.05, 0) is 24.7 Å². The number of likely N-dealkylation sites (tertiary alicyclic amines) is 1. The molecule has 0 aliphatic carbocycles. The van der Waals surface area contributed by atoms with E-state index < -0.39 is 0 Å². The molecule has 0 saturated carbocycles. The van der Waals surface area contributed by atoms with Crippen LogP contribution in [0.15, 0.2) is 0 Å². The highest BCUT2D eigenvalue weighted by Gasteiger charge is 2.35. The van der Waals surface area contributed by atoms with Crippen LogP contribution in [0.25, 0.3) is 0 Å². The molecule has 2 heteroatoms. The molecule has 0 aromatic rings. The van der Waals surface area contributed by atoms with Gasteiger partial charge in [-0.1, -0.05) is 20.8 Å². The molecule has 0 radical (unpaired) electrons. The van der Waals surface area contributed by atoms with Gasteiger partial charge in [0.2, 0.25) is 0 Å². The summed E-state index contributed by atoms with van der Waals surface area (Å²) >= 11 is 0. The molecule has 0 bridgehead atoms. The smallest absolute Gasteiger partial charge is 0.0524 e. The molecule has 1 unspecified atom stereocenters. The van der Waals surface area contributed by atoms with Crippen LogP contribution in [0.2, 0.25) is 0 Å². The molecule has 0 spiro atoms. The molecular weight excluding hydrogens is 162 g/mol. The Morgan fingerprint density at radius 1 is 1.38 bits per heavy atom. The minimum Gasteiger partial charge on any atom is -0.393 e. The van der Waals surface area contributed by atoms with Crippen LogP contribution in [0.5, 0.6) is 0 Å². The van der Waals surface area contributed by atoms with Gasteiger partial charge in [0.05, 0.1) is 6.10 Å². The van der Waals surface area contributed by atoms with E-state index in [4.69, 9.17) is 5.11 Å². The van der Waals surface area contributed by atoms with Crippen LogP contribution in [0, 0.1) is 11.3 Å². The van der Waals surface area contributed by atoms with Gasteiger partial charge in [0.15, 0.2) is 0 Å². The molecule has 78 valence electrons. The summed E-state index contributed by atoms with van der Waals surface area (Å²) in [6.07, 6.45) is 0.769. The molecule has 1 atom stereocenters. The number of nitrogens with zero attached hydrogens (tertiary/aromatic N) is 1. The Hall–Kier alpha value is -0.0800. The number of hydrogen-bond donors (Lipinski definition) is 1. The van der Waals surface area contributed by atoms with Gasteiger partial charge in [0.1, 0.15) is 0 Å². The van der Waals surface area contributed by atoms with Crippen molar-refractivity contribution in [1.29, 1.82) is 0 Å². The summed E-state index contributed by atoms with van der Waals surface area (Å²) in [4.78, 5) is 2.43.